The average molecular weight is 391 g/mol. The minimum atomic E-state index is -0.0375. The van der Waals surface area contributed by atoms with Gasteiger partial charge in [0.05, 0.1) is 10.6 Å². The first-order valence-electron chi connectivity index (χ1n) is 9.14. The number of para-hydroxylation sites is 1. The lowest BCUT2D eigenvalue weighted by atomic mass is 10.2. The summed E-state index contributed by atoms with van der Waals surface area (Å²) in [7, 11) is 0. The predicted molar refractivity (Wildman–Crippen MR) is 117 cm³/mol. The molecule has 1 amide bonds. The Balaban J connectivity index is 1.93. The third-order valence-electron chi connectivity index (χ3n) is 4.11. The standard InChI is InChI=1S/C23H22N2O2S/c1-4-14-25-22(26)21(16-18-8-6-7-9-20(18)27-15-5-2)28-23(25)24-19-12-10-17(3)11-13-19/h2,6-13,16H,4,14-15H2,1,3H3/b21-16+,24-23?. The Bertz CT molecular complexity index is 955. The molecule has 0 saturated carbocycles. The monoisotopic (exact) mass is 390 g/mol. The van der Waals surface area contributed by atoms with Gasteiger partial charge >= 0.3 is 0 Å². The van der Waals surface area contributed by atoms with Crippen LogP contribution in [-0.2, 0) is 4.79 Å². The second-order valence-corrected chi connectivity index (χ2v) is 7.34. The minimum absolute atomic E-state index is 0.0375. The van der Waals surface area contributed by atoms with E-state index in [-0.39, 0.29) is 12.5 Å². The normalized spacial score (nSPS) is 16.6. The van der Waals surface area contributed by atoms with Gasteiger partial charge in [0.1, 0.15) is 12.4 Å². The molecular formula is C23H22N2O2S. The van der Waals surface area contributed by atoms with Gasteiger partial charge in [0.15, 0.2) is 5.17 Å². The number of benzene rings is 2. The molecule has 142 valence electrons. The molecule has 2 aromatic carbocycles. The molecule has 0 bridgehead atoms. The number of aryl methyl sites for hydroxylation is 1. The zero-order valence-corrected chi connectivity index (χ0v) is 16.8. The van der Waals surface area contributed by atoms with E-state index in [0.29, 0.717) is 22.4 Å². The van der Waals surface area contributed by atoms with Gasteiger partial charge in [-0.2, -0.15) is 0 Å². The van der Waals surface area contributed by atoms with Crippen molar-refractivity contribution in [3.63, 3.8) is 0 Å². The van der Waals surface area contributed by atoms with E-state index in [1.165, 1.54) is 17.3 Å². The Morgan fingerprint density at radius 2 is 1.96 bits per heavy atom. The van der Waals surface area contributed by atoms with Gasteiger partial charge < -0.3 is 4.74 Å². The summed E-state index contributed by atoms with van der Waals surface area (Å²) in [5, 5.41) is 0.698. The Labute approximate surface area is 170 Å². The molecule has 0 aliphatic carbocycles. The number of hydrogen-bond donors (Lipinski definition) is 0. The summed E-state index contributed by atoms with van der Waals surface area (Å²) in [6.07, 6.45) is 8.00. The molecule has 0 N–H and O–H groups in total. The molecule has 0 aromatic heterocycles. The van der Waals surface area contributed by atoms with Crippen molar-refractivity contribution in [2.24, 2.45) is 4.99 Å². The molecule has 0 spiro atoms. The van der Waals surface area contributed by atoms with E-state index < -0.39 is 0 Å². The topological polar surface area (TPSA) is 41.9 Å². The van der Waals surface area contributed by atoms with Crippen molar-refractivity contribution in [1.29, 1.82) is 0 Å². The first kappa shape index (κ1) is 19.8. The molecule has 2 aromatic rings. The molecule has 3 rings (SSSR count). The zero-order chi connectivity index (χ0) is 19.9. The third kappa shape index (κ3) is 4.65. The largest absolute Gasteiger partial charge is 0.480 e. The van der Waals surface area contributed by atoms with Crippen molar-refractivity contribution in [2.45, 2.75) is 20.3 Å². The maximum atomic E-state index is 13.0. The van der Waals surface area contributed by atoms with E-state index in [9.17, 15) is 4.79 Å². The number of aliphatic imine (C=N–C) groups is 1. The highest BCUT2D eigenvalue weighted by Gasteiger charge is 2.32. The number of carbonyl (C=O) groups excluding carboxylic acids is 1. The number of rotatable bonds is 6. The molecule has 1 aliphatic heterocycles. The van der Waals surface area contributed by atoms with Crippen LogP contribution in [0.4, 0.5) is 5.69 Å². The van der Waals surface area contributed by atoms with Crippen molar-refractivity contribution < 1.29 is 9.53 Å². The third-order valence-corrected chi connectivity index (χ3v) is 5.12. The summed E-state index contributed by atoms with van der Waals surface area (Å²) in [5.74, 6) is 3.09. The highest BCUT2D eigenvalue weighted by atomic mass is 32.2. The first-order chi connectivity index (χ1) is 13.6. The Kier molecular flexibility index (Phi) is 6.57. The number of terminal acetylenes is 1. The predicted octanol–water partition coefficient (Wildman–Crippen LogP) is 5.02. The SMILES string of the molecule is C#CCOc1ccccc1/C=C1/SC(=Nc2ccc(C)cc2)N(CCC)C1=O. The van der Waals surface area contributed by atoms with Gasteiger partial charge in [0.2, 0.25) is 0 Å². The van der Waals surface area contributed by atoms with Crippen LogP contribution in [0.15, 0.2) is 58.4 Å². The van der Waals surface area contributed by atoms with Crippen LogP contribution in [0.2, 0.25) is 0 Å². The summed E-state index contributed by atoms with van der Waals surface area (Å²) in [6, 6.07) is 15.5. The van der Waals surface area contributed by atoms with Crippen LogP contribution in [0.25, 0.3) is 6.08 Å². The van der Waals surface area contributed by atoms with Crippen molar-refractivity contribution in [3.8, 4) is 18.1 Å². The lowest BCUT2D eigenvalue weighted by Crippen LogP contribution is -2.29. The highest BCUT2D eigenvalue weighted by Crippen LogP contribution is 2.35. The summed E-state index contributed by atoms with van der Waals surface area (Å²) >= 11 is 1.38. The maximum Gasteiger partial charge on any atom is 0.266 e. The summed E-state index contributed by atoms with van der Waals surface area (Å²) in [5.41, 5.74) is 2.83. The van der Waals surface area contributed by atoms with Crippen molar-refractivity contribution >= 4 is 34.6 Å². The molecule has 1 aliphatic rings. The lowest BCUT2D eigenvalue weighted by Gasteiger charge is -2.14. The molecule has 1 saturated heterocycles. The van der Waals surface area contributed by atoms with E-state index in [4.69, 9.17) is 16.2 Å². The van der Waals surface area contributed by atoms with Gasteiger partial charge in [-0.3, -0.25) is 9.69 Å². The van der Waals surface area contributed by atoms with Crippen LogP contribution in [0, 0.1) is 19.3 Å². The Hall–Kier alpha value is -2.97. The fourth-order valence-corrected chi connectivity index (χ4v) is 3.75. The summed E-state index contributed by atoms with van der Waals surface area (Å²) in [6.45, 7) is 4.90. The van der Waals surface area contributed by atoms with Gasteiger partial charge in [-0.05, 0) is 49.4 Å². The van der Waals surface area contributed by atoms with E-state index in [2.05, 4.69) is 5.92 Å². The number of hydrogen-bond acceptors (Lipinski definition) is 4. The smallest absolute Gasteiger partial charge is 0.266 e. The quantitative estimate of drug-likeness (QED) is 0.514. The molecular weight excluding hydrogens is 368 g/mol. The molecule has 0 unspecified atom stereocenters. The molecule has 0 atom stereocenters. The fourth-order valence-electron chi connectivity index (χ4n) is 2.73. The number of amides is 1. The van der Waals surface area contributed by atoms with Crippen molar-refractivity contribution in [1.82, 2.24) is 4.90 Å². The maximum absolute atomic E-state index is 13.0. The fraction of sp³-hybridized carbons (Fsp3) is 0.217. The molecule has 0 radical (unpaired) electrons. The van der Waals surface area contributed by atoms with Gasteiger partial charge in [-0.25, -0.2) is 4.99 Å². The number of thioether (sulfide) groups is 1. The van der Waals surface area contributed by atoms with Crippen molar-refractivity contribution in [3.05, 3.63) is 64.6 Å². The summed E-state index contributed by atoms with van der Waals surface area (Å²) < 4.78 is 5.59. The number of ether oxygens (including phenoxy) is 1. The molecule has 1 heterocycles. The van der Waals surface area contributed by atoms with Crippen molar-refractivity contribution in [2.75, 3.05) is 13.2 Å². The second kappa shape index (κ2) is 9.29. The Morgan fingerprint density at radius 1 is 1.21 bits per heavy atom. The second-order valence-electron chi connectivity index (χ2n) is 6.33. The van der Waals surface area contributed by atoms with Crippen LogP contribution in [-0.4, -0.2) is 29.1 Å². The summed E-state index contributed by atoms with van der Waals surface area (Å²) in [4.78, 5) is 20.0. The lowest BCUT2D eigenvalue weighted by molar-refractivity contribution is -0.122. The molecule has 28 heavy (non-hydrogen) atoms. The average Bonchev–Trinajstić information content (AvgIpc) is 2.98. The highest BCUT2D eigenvalue weighted by molar-refractivity contribution is 8.18. The van der Waals surface area contributed by atoms with E-state index >= 15 is 0 Å². The molecule has 1 fully saturated rings. The molecule has 4 nitrogen and oxygen atoms in total. The first-order valence-corrected chi connectivity index (χ1v) is 9.96. The molecule has 5 heteroatoms. The van der Waals surface area contributed by atoms with E-state index in [0.717, 1.165) is 17.7 Å². The van der Waals surface area contributed by atoms with Gasteiger partial charge in [0.25, 0.3) is 5.91 Å². The van der Waals surface area contributed by atoms with Crippen LogP contribution in [0.3, 0.4) is 0 Å². The number of carbonyl (C=O) groups is 1. The van der Waals surface area contributed by atoms with E-state index in [1.54, 1.807) is 4.90 Å². The van der Waals surface area contributed by atoms with E-state index in [1.807, 2.05) is 68.5 Å². The van der Waals surface area contributed by atoms with Crippen LogP contribution >= 0.6 is 11.8 Å². The van der Waals surface area contributed by atoms with Gasteiger partial charge in [0, 0.05) is 12.1 Å². The van der Waals surface area contributed by atoms with Crippen LogP contribution in [0.5, 0.6) is 5.75 Å². The number of amidine groups is 1. The van der Waals surface area contributed by atoms with Crippen LogP contribution < -0.4 is 4.74 Å². The zero-order valence-electron chi connectivity index (χ0n) is 16.0. The van der Waals surface area contributed by atoms with Crippen LogP contribution in [0.1, 0.15) is 24.5 Å². The minimum Gasteiger partial charge on any atom is -0.480 e. The number of nitrogens with zero attached hydrogens (tertiary/aromatic N) is 2. The van der Waals surface area contributed by atoms with Gasteiger partial charge in [-0.1, -0.05) is 48.7 Å². The Morgan fingerprint density at radius 3 is 2.68 bits per heavy atom. The van der Waals surface area contributed by atoms with Gasteiger partial charge in [-0.15, -0.1) is 6.42 Å².